The number of rotatable bonds is 64. The maximum atomic E-state index is 12.5. The maximum absolute atomic E-state index is 12.5. The molecule has 0 rings (SSSR count). The molecule has 0 aromatic heterocycles. The molecule has 0 saturated carbocycles. The van der Waals surface area contributed by atoms with E-state index in [0.717, 1.165) is 83.5 Å². The molecule has 0 aliphatic heterocycles. The van der Waals surface area contributed by atoms with Gasteiger partial charge in [0.25, 0.3) is 0 Å². The lowest BCUT2D eigenvalue weighted by Crippen LogP contribution is -2.45. The van der Waals surface area contributed by atoms with Gasteiger partial charge in [0.2, 0.25) is 5.91 Å². The number of aliphatic hydroxyl groups excluding tert-OH is 2. The summed E-state index contributed by atoms with van der Waals surface area (Å²) < 4.78 is 5.47. The van der Waals surface area contributed by atoms with Gasteiger partial charge in [-0.1, -0.05) is 312 Å². The molecule has 6 heteroatoms. The first-order valence-electron chi connectivity index (χ1n) is 34.6. The third-order valence-electron chi connectivity index (χ3n) is 15.8. The van der Waals surface area contributed by atoms with Crippen LogP contribution in [0, 0.1) is 0 Å². The van der Waals surface area contributed by atoms with Crippen molar-refractivity contribution in [1.82, 2.24) is 5.32 Å². The Hall–Kier alpha value is -2.44. The number of aliphatic hydroxyl groups is 2. The summed E-state index contributed by atoms with van der Waals surface area (Å²) in [4.78, 5) is 24.6. The molecule has 0 aromatic carbocycles. The number of allylic oxidation sites excluding steroid dienone is 9. The molecule has 2 unspecified atom stereocenters. The van der Waals surface area contributed by atoms with E-state index in [1.807, 2.05) is 6.08 Å². The molecule has 1 amide bonds. The van der Waals surface area contributed by atoms with Gasteiger partial charge in [0.05, 0.1) is 25.4 Å². The van der Waals surface area contributed by atoms with Gasteiger partial charge < -0.3 is 20.3 Å². The maximum Gasteiger partial charge on any atom is 0.305 e. The average molecular weight is 1090 g/mol. The molecule has 0 aliphatic rings. The molecule has 0 bridgehead atoms. The first-order valence-corrected chi connectivity index (χ1v) is 34.6. The van der Waals surface area contributed by atoms with Crippen LogP contribution < -0.4 is 5.32 Å². The van der Waals surface area contributed by atoms with Gasteiger partial charge in [0.15, 0.2) is 0 Å². The monoisotopic (exact) mass is 1090 g/mol. The summed E-state index contributed by atoms with van der Waals surface area (Å²) in [5.74, 6) is -0.0933. The van der Waals surface area contributed by atoms with Gasteiger partial charge in [0.1, 0.15) is 0 Å². The van der Waals surface area contributed by atoms with Crippen molar-refractivity contribution in [3.05, 3.63) is 60.8 Å². The van der Waals surface area contributed by atoms with Crippen LogP contribution in [0.25, 0.3) is 0 Å². The number of nitrogens with one attached hydrogen (secondary N) is 1. The van der Waals surface area contributed by atoms with E-state index < -0.39 is 12.1 Å². The van der Waals surface area contributed by atoms with E-state index in [2.05, 4.69) is 67.8 Å². The summed E-state index contributed by atoms with van der Waals surface area (Å²) >= 11 is 0. The predicted octanol–water partition coefficient (Wildman–Crippen LogP) is 22.3. The highest BCUT2D eigenvalue weighted by Crippen LogP contribution is 2.18. The van der Waals surface area contributed by atoms with Crippen LogP contribution in [0.1, 0.15) is 361 Å². The van der Waals surface area contributed by atoms with Crippen LogP contribution in [-0.4, -0.2) is 47.4 Å². The molecular weight excluding hydrogens is 959 g/mol. The van der Waals surface area contributed by atoms with Crippen LogP contribution in [0.5, 0.6) is 0 Å². The summed E-state index contributed by atoms with van der Waals surface area (Å²) in [6.07, 6.45) is 88.5. The van der Waals surface area contributed by atoms with Gasteiger partial charge in [-0.3, -0.25) is 9.59 Å². The number of hydrogen-bond acceptors (Lipinski definition) is 5. The number of hydrogen-bond donors (Lipinski definition) is 3. The fourth-order valence-corrected chi connectivity index (χ4v) is 10.5. The van der Waals surface area contributed by atoms with E-state index >= 15 is 0 Å². The number of carbonyl (C=O) groups excluding carboxylic acids is 2. The van der Waals surface area contributed by atoms with Crippen LogP contribution in [-0.2, 0) is 14.3 Å². The van der Waals surface area contributed by atoms with Gasteiger partial charge in [-0.15, -0.1) is 0 Å². The number of amides is 1. The molecule has 6 nitrogen and oxygen atoms in total. The van der Waals surface area contributed by atoms with E-state index in [9.17, 15) is 19.8 Å². The molecule has 3 N–H and O–H groups in total. The zero-order valence-electron chi connectivity index (χ0n) is 52.1. The van der Waals surface area contributed by atoms with Crippen molar-refractivity contribution in [1.29, 1.82) is 0 Å². The first kappa shape index (κ1) is 75.6. The zero-order valence-corrected chi connectivity index (χ0v) is 52.1. The Balaban J connectivity index is 3.49. The smallest absolute Gasteiger partial charge is 0.305 e. The van der Waals surface area contributed by atoms with Crippen molar-refractivity contribution in [3.8, 4) is 0 Å². The minimum Gasteiger partial charge on any atom is -0.466 e. The molecule has 0 saturated heterocycles. The molecule has 2 atom stereocenters. The lowest BCUT2D eigenvalue weighted by molar-refractivity contribution is -0.143. The van der Waals surface area contributed by atoms with Gasteiger partial charge >= 0.3 is 5.97 Å². The zero-order chi connectivity index (χ0) is 56.4. The van der Waals surface area contributed by atoms with Crippen LogP contribution in [0.3, 0.4) is 0 Å². The molecule has 0 fully saturated rings. The summed E-state index contributed by atoms with van der Waals surface area (Å²) in [6.45, 7) is 4.86. The van der Waals surface area contributed by atoms with Crippen LogP contribution >= 0.6 is 0 Å². The lowest BCUT2D eigenvalue weighted by atomic mass is 10.0. The fourth-order valence-electron chi connectivity index (χ4n) is 10.5. The van der Waals surface area contributed by atoms with Crippen molar-refractivity contribution in [3.63, 3.8) is 0 Å². The Labute approximate surface area is 486 Å². The molecule has 0 aliphatic carbocycles. The highest BCUT2D eigenvalue weighted by Gasteiger charge is 2.18. The van der Waals surface area contributed by atoms with Gasteiger partial charge in [-0.2, -0.15) is 0 Å². The Morgan fingerprint density at radius 2 is 0.679 bits per heavy atom. The molecule has 78 heavy (non-hydrogen) atoms. The van der Waals surface area contributed by atoms with Gasteiger partial charge in [-0.05, 0) is 96.3 Å². The number of esters is 1. The summed E-state index contributed by atoms with van der Waals surface area (Å²) in [5.41, 5.74) is 0. The van der Waals surface area contributed by atoms with E-state index in [1.54, 1.807) is 6.08 Å². The van der Waals surface area contributed by atoms with Crippen molar-refractivity contribution < 1.29 is 24.5 Å². The van der Waals surface area contributed by atoms with Crippen LogP contribution in [0.15, 0.2) is 60.8 Å². The molecule has 0 heterocycles. The molecular formula is C72H133NO5. The summed E-state index contributed by atoms with van der Waals surface area (Å²) in [5, 5.41) is 23.2. The van der Waals surface area contributed by atoms with E-state index in [-0.39, 0.29) is 18.5 Å². The number of unbranched alkanes of at least 4 members (excludes halogenated alkanes) is 46. The minimum atomic E-state index is -0.854. The summed E-state index contributed by atoms with van der Waals surface area (Å²) in [6, 6.07) is -0.639. The normalized spacial score (nSPS) is 12.9. The lowest BCUT2D eigenvalue weighted by Gasteiger charge is -2.20. The van der Waals surface area contributed by atoms with E-state index in [4.69, 9.17) is 4.74 Å². The number of ether oxygens (including phenoxy) is 1. The second kappa shape index (κ2) is 67.1. The topological polar surface area (TPSA) is 95.9 Å². The molecule has 456 valence electrons. The van der Waals surface area contributed by atoms with Crippen molar-refractivity contribution in [2.45, 2.75) is 373 Å². The molecule has 0 radical (unpaired) electrons. The largest absolute Gasteiger partial charge is 0.466 e. The average Bonchev–Trinajstić information content (AvgIpc) is 3.44. The van der Waals surface area contributed by atoms with Crippen LogP contribution in [0.2, 0.25) is 0 Å². The SMILES string of the molecule is CCCCC/C=C\C/C=C\CCCCCCCCCCCC(=O)OCCCCC/C=C\C=C/CCCCCCCCCCCCC(=O)NC(CO)C(O)/C=C/CCCCCCCCCCCCCCCCCCCCCCC. The predicted molar refractivity (Wildman–Crippen MR) is 342 cm³/mol. The van der Waals surface area contributed by atoms with Crippen LogP contribution in [0.4, 0.5) is 0 Å². The Kier molecular flexibility index (Phi) is 65.0. The second-order valence-corrected chi connectivity index (χ2v) is 23.5. The van der Waals surface area contributed by atoms with Crippen molar-refractivity contribution >= 4 is 11.9 Å². The third kappa shape index (κ3) is 62.8. The summed E-state index contributed by atoms with van der Waals surface area (Å²) in [7, 11) is 0. The minimum absolute atomic E-state index is 0.0178. The van der Waals surface area contributed by atoms with Crippen molar-refractivity contribution in [2.24, 2.45) is 0 Å². The highest BCUT2D eigenvalue weighted by atomic mass is 16.5. The molecule has 0 spiro atoms. The van der Waals surface area contributed by atoms with Crippen molar-refractivity contribution in [2.75, 3.05) is 13.2 Å². The van der Waals surface area contributed by atoms with Gasteiger partial charge in [-0.25, -0.2) is 0 Å². The highest BCUT2D eigenvalue weighted by molar-refractivity contribution is 5.76. The van der Waals surface area contributed by atoms with E-state index in [0.29, 0.717) is 19.4 Å². The fraction of sp³-hybridized carbons (Fsp3) is 0.833. The third-order valence-corrected chi connectivity index (χ3v) is 15.8. The first-order chi connectivity index (χ1) is 38.5. The van der Waals surface area contributed by atoms with Gasteiger partial charge in [0, 0.05) is 12.8 Å². The Morgan fingerprint density at radius 3 is 1.08 bits per heavy atom. The quantitative estimate of drug-likeness (QED) is 0.0244. The number of carbonyl (C=O) groups is 2. The standard InChI is InChI=1S/C72H133NO5/c1-3-5-7-9-11-13-15-17-19-21-23-24-25-26-29-32-36-40-44-48-52-56-60-64-70(75)69(68-74)73-71(76)65-61-57-53-49-45-41-37-33-30-27-31-35-39-43-47-51-55-59-63-67-78-72(77)66-62-58-54-50-46-42-38-34-28-22-20-18-16-14-12-10-8-6-4-2/h12,14,18,20,35,39,43,47,60,64,69-70,74-75H,3-11,13,15-17,19,21-34,36-38,40-42,44-46,48-59,61-63,65-68H2,1-2H3,(H,73,76)/b14-12-,20-18-,39-35-,47-43-,64-60+. The second-order valence-electron chi connectivity index (χ2n) is 23.5. The van der Waals surface area contributed by atoms with E-state index in [1.165, 1.54) is 250 Å². The Morgan fingerprint density at radius 1 is 0.372 bits per heavy atom. The molecule has 0 aromatic rings. The Bertz CT molecular complexity index is 1350.